The Balaban J connectivity index is 1.35. The molecule has 0 unspecified atom stereocenters. The number of benzene rings is 1. The number of amides is 1. The van der Waals surface area contributed by atoms with Crippen molar-refractivity contribution in [3.8, 4) is 5.69 Å². The standard InChI is InChI=1S/C23H17ClF2N6O4/c24-15-2-4-17(31-11-28-29-30-31)21(22(15)26)12-7-13-1-3-18(32(13)20(34)8-12)23(35)36-10-19(33)14-5-6-27-9-16(14)25/h2,4-6,8-9,11,13,18H,1,3,7,10H2/t13-,18+/m0/s1. The van der Waals surface area contributed by atoms with E-state index in [0.717, 1.165) is 6.20 Å². The summed E-state index contributed by atoms with van der Waals surface area (Å²) in [6, 6.07) is 2.79. The van der Waals surface area contributed by atoms with Gasteiger partial charge in [0.25, 0.3) is 0 Å². The largest absolute Gasteiger partial charge is 0.456 e. The minimum atomic E-state index is -0.918. The van der Waals surface area contributed by atoms with E-state index in [-0.39, 0.29) is 22.6 Å². The number of aromatic nitrogens is 5. The number of carbonyl (C=O) groups excluding carboxylic acids is 3. The highest BCUT2D eigenvalue weighted by molar-refractivity contribution is 6.31. The molecule has 2 aliphatic rings. The molecule has 2 aromatic heterocycles. The Morgan fingerprint density at radius 3 is 2.78 bits per heavy atom. The molecule has 1 aromatic carbocycles. The van der Waals surface area contributed by atoms with Crippen LogP contribution in [0.2, 0.25) is 5.02 Å². The van der Waals surface area contributed by atoms with Crippen LogP contribution in [0.5, 0.6) is 0 Å². The SMILES string of the molecule is O=C(COC(=O)[C@H]1CC[C@H]2CC(c3c(-n4cnnn4)ccc(Cl)c3F)=CC(=O)N21)c1ccncc1F. The maximum absolute atomic E-state index is 15.1. The van der Waals surface area contributed by atoms with Crippen LogP contribution in [0.25, 0.3) is 11.3 Å². The number of rotatable bonds is 6. The van der Waals surface area contributed by atoms with Crippen LogP contribution in [-0.4, -0.2) is 66.4 Å². The Morgan fingerprint density at radius 2 is 2.03 bits per heavy atom. The first-order valence-electron chi connectivity index (χ1n) is 10.9. The fraction of sp³-hybridized carbons (Fsp3) is 0.261. The van der Waals surface area contributed by atoms with E-state index in [4.69, 9.17) is 16.3 Å². The fourth-order valence-corrected chi connectivity index (χ4v) is 4.74. The number of fused-ring (bicyclic) bond motifs is 1. The molecule has 1 amide bonds. The molecular weight excluding hydrogens is 498 g/mol. The lowest BCUT2D eigenvalue weighted by Gasteiger charge is -2.33. The van der Waals surface area contributed by atoms with E-state index in [1.165, 1.54) is 40.3 Å². The zero-order chi connectivity index (χ0) is 25.4. The van der Waals surface area contributed by atoms with Gasteiger partial charge in [0, 0.05) is 23.9 Å². The molecule has 0 N–H and O–H groups in total. The third-order valence-corrected chi connectivity index (χ3v) is 6.48. The molecule has 2 atom stereocenters. The second-order valence-corrected chi connectivity index (χ2v) is 8.67. The summed E-state index contributed by atoms with van der Waals surface area (Å²) in [7, 11) is 0. The zero-order valence-corrected chi connectivity index (χ0v) is 19.2. The normalized spacial score (nSPS) is 19.1. The first-order valence-corrected chi connectivity index (χ1v) is 11.3. The molecule has 0 spiro atoms. The van der Waals surface area contributed by atoms with Crippen molar-refractivity contribution < 1.29 is 27.9 Å². The molecule has 0 radical (unpaired) electrons. The minimum absolute atomic E-state index is 0.0961. The molecule has 0 saturated carbocycles. The van der Waals surface area contributed by atoms with Gasteiger partial charge in [0.1, 0.15) is 12.4 Å². The topological polar surface area (TPSA) is 120 Å². The number of halogens is 3. The highest BCUT2D eigenvalue weighted by Crippen LogP contribution is 2.40. The number of ketones is 1. The molecule has 184 valence electrons. The molecule has 4 heterocycles. The number of pyridine rings is 1. The summed E-state index contributed by atoms with van der Waals surface area (Å²) in [5.74, 6) is -3.54. The third-order valence-electron chi connectivity index (χ3n) is 6.19. The van der Waals surface area contributed by atoms with Crippen LogP contribution in [0.4, 0.5) is 8.78 Å². The number of Topliss-reactive ketones (excluding diaryl/α,β-unsaturated/α-hetero) is 1. The van der Waals surface area contributed by atoms with E-state index < -0.39 is 48.0 Å². The van der Waals surface area contributed by atoms with E-state index in [1.807, 2.05) is 0 Å². The maximum atomic E-state index is 15.1. The number of nitrogens with zero attached hydrogens (tertiary/aromatic N) is 6. The number of esters is 1. The quantitative estimate of drug-likeness (QED) is 0.363. The van der Waals surface area contributed by atoms with Gasteiger partial charge in [-0.25, -0.2) is 13.6 Å². The van der Waals surface area contributed by atoms with Gasteiger partial charge in [0.05, 0.1) is 22.5 Å². The van der Waals surface area contributed by atoms with Crippen LogP contribution in [0.1, 0.15) is 35.2 Å². The summed E-state index contributed by atoms with van der Waals surface area (Å²) >= 11 is 6.02. The van der Waals surface area contributed by atoms with Crippen molar-refractivity contribution in [2.24, 2.45) is 0 Å². The second kappa shape index (κ2) is 9.53. The number of carbonyl (C=O) groups is 3. The molecule has 1 fully saturated rings. The number of hydrogen-bond acceptors (Lipinski definition) is 8. The molecule has 36 heavy (non-hydrogen) atoms. The second-order valence-electron chi connectivity index (χ2n) is 8.26. The monoisotopic (exact) mass is 514 g/mol. The first kappa shape index (κ1) is 23.7. The lowest BCUT2D eigenvalue weighted by Crippen LogP contribution is -2.47. The smallest absolute Gasteiger partial charge is 0.329 e. The summed E-state index contributed by atoms with van der Waals surface area (Å²) in [5, 5.41) is 10.8. The number of tetrazole rings is 1. The molecular formula is C23H17ClF2N6O4. The van der Waals surface area contributed by atoms with Crippen molar-refractivity contribution in [1.82, 2.24) is 30.1 Å². The molecule has 1 saturated heterocycles. The molecule has 3 aromatic rings. The predicted molar refractivity (Wildman–Crippen MR) is 120 cm³/mol. The summed E-state index contributed by atoms with van der Waals surface area (Å²) < 4.78 is 35.3. The summed E-state index contributed by atoms with van der Waals surface area (Å²) in [4.78, 5) is 43.0. The maximum Gasteiger partial charge on any atom is 0.329 e. The Labute approximate surface area is 207 Å². The van der Waals surface area contributed by atoms with Crippen molar-refractivity contribution in [2.45, 2.75) is 31.3 Å². The van der Waals surface area contributed by atoms with E-state index in [1.54, 1.807) is 6.07 Å². The highest BCUT2D eigenvalue weighted by Gasteiger charge is 2.44. The lowest BCUT2D eigenvalue weighted by molar-refractivity contribution is -0.152. The number of hydrogen-bond donors (Lipinski definition) is 0. The van der Waals surface area contributed by atoms with Crippen molar-refractivity contribution in [2.75, 3.05) is 6.61 Å². The van der Waals surface area contributed by atoms with E-state index >= 15 is 4.39 Å². The van der Waals surface area contributed by atoms with Gasteiger partial charge < -0.3 is 9.64 Å². The summed E-state index contributed by atoms with van der Waals surface area (Å²) in [6.45, 7) is -0.674. The lowest BCUT2D eigenvalue weighted by atomic mass is 9.92. The van der Waals surface area contributed by atoms with Gasteiger partial charge in [-0.05, 0) is 53.5 Å². The van der Waals surface area contributed by atoms with Crippen LogP contribution in [0.3, 0.4) is 0 Å². The molecule has 5 rings (SSSR count). The van der Waals surface area contributed by atoms with Crippen LogP contribution >= 0.6 is 11.6 Å². The van der Waals surface area contributed by atoms with E-state index in [9.17, 15) is 18.8 Å². The highest BCUT2D eigenvalue weighted by atomic mass is 35.5. The van der Waals surface area contributed by atoms with Crippen LogP contribution in [0.15, 0.2) is 43.0 Å². The van der Waals surface area contributed by atoms with E-state index in [0.29, 0.717) is 24.1 Å². The summed E-state index contributed by atoms with van der Waals surface area (Å²) in [5.41, 5.74) is 0.554. The van der Waals surface area contributed by atoms with Gasteiger partial charge in [-0.15, -0.1) is 5.10 Å². The Hall–Kier alpha value is -4.06. The Morgan fingerprint density at radius 1 is 1.19 bits per heavy atom. The van der Waals surface area contributed by atoms with Crippen molar-refractivity contribution in [1.29, 1.82) is 0 Å². The van der Waals surface area contributed by atoms with Gasteiger partial charge in [-0.3, -0.25) is 14.6 Å². The van der Waals surface area contributed by atoms with Crippen molar-refractivity contribution in [3.63, 3.8) is 0 Å². The molecule has 13 heteroatoms. The Kier molecular flexibility index (Phi) is 6.27. The van der Waals surface area contributed by atoms with Crippen LogP contribution < -0.4 is 0 Å². The number of ether oxygens (including phenoxy) is 1. The summed E-state index contributed by atoms with van der Waals surface area (Å²) in [6.07, 6.45) is 5.70. The van der Waals surface area contributed by atoms with Crippen molar-refractivity contribution in [3.05, 3.63) is 70.8 Å². The Bertz CT molecular complexity index is 1400. The van der Waals surface area contributed by atoms with Gasteiger partial charge in [-0.1, -0.05) is 11.6 Å². The predicted octanol–water partition coefficient (Wildman–Crippen LogP) is 2.56. The molecule has 0 aliphatic carbocycles. The molecule has 0 bridgehead atoms. The van der Waals surface area contributed by atoms with Crippen molar-refractivity contribution >= 4 is 34.8 Å². The van der Waals surface area contributed by atoms with Gasteiger partial charge in [0.15, 0.2) is 18.2 Å². The average molecular weight is 515 g/mol. The average Bonchev–Trinajstić information content (AvgIpc) is 3.55. The van der Waals surface area contributed by atoms with Gasteiger partial charge in [-0.2, -0.15) is 4.68 Å². The third kappa shape index (κ3) is 4.24. The molecule has 10 nitrogen and oxygen atoms in total. The minimum Gasteiger partial charge on any atom is -0.456 e. The first-order chi connectivity index (χ1) is 17.3. The van der Waals surface area contributed by atoms with Gasteiger partial charge >= 0.3 is 5.97 Å². The van der Waals surface area contributed by atoms with Gasteiger partial charge in [0.2, 0.25) is 11.7 Å². The van der Waals surface area contributed by atoms with Crippen LogP contribution in [-0.2, 0) is 14.3 Å². The van der Waals surface area contributed by atoms with E-state index in [2.05, 4.69) is 20.5 Å². The fourth-order valence-electron chi connectivity index (χ4n) is 4.58. The van der Waals surface area contributed by atoms with Crippen LogP contribution in [0, 0.1) is 11.6 Å². The molecule has 2 aliphatic heterocycles. The zero-order valence-electron chi connectivity index (χ0n) is 18.5.